The highest BCUT2D eigenvalue weighted by Crippen LogP contribution is 2.22. The van der Waals surface area contributed by atoms with E-state index in [1.54, 1.807) is 0 Å². The van der Waals surface area contributed by atoms with Crippen molar-refractivity contribution in [1.29, 1.82) is 0 Å². The number of hydrogen-bond donors (Lipinski definition) is 9. The van der Waals surface area contributed by atoms with Crippen LogP contribution >= 0.6 is 0 Å². The smallest absolute Gasteiger partial charge is 0.186 e. The summed E-state index contributed by atoms with van der Waals surface area (Å²) in [5, 5.41) is 84.4. The molecule has 0 amide bonds. The first-order valence-electron chi connectivity index (χ1n) is 6.99. The lowest BCUT2D eigenvalue weighted by atomic mass is 9.99. The van der Waals surface area contributed by atoms with Gasteiger partial charge in [0.05, 0.1) is 19.8 Å². The maximum absolute atomic E-state index is 9.70. The summed E-state index contributed by atoms with van der Waals surface area (Å²) >= 11 is 0. The maximum atomic E-state index is 9.70. The minimum absolute atomic E-state index is 0.655. The van der Waals surface area contributed by atoms with Gasteiger partial charge in [-0.1, -0.05) is 0 Å². The standard InChI is InChI=1S/C12H24O11/c13-1-4(15)7(17)8(18)5(16)3-22-12-11(21)10(20)9(19)6(2-14)23-12/h4-21H,1-3H2/t4-,5-,6?,7-,8-,9?,10?,11?,12?/m1/s1. The number of rotatable bonds is 8. The topological polar surface area (TPSA) is 201 Å². The first-order chi connectivity index (χ1) is 10.7. The zero-order valence-corrected chi connectivity index (χ0v) is 12.2. The van der Waals surface area contributed by atoms with E-state index in [1.807, 2.05) is 0 Å². The molecule has 1 heterocycles. The lowest BCUT2D eigenvalue weighted by Gasteiger charge is -2.40. The molecule has 9 atom stereocenters. The molecule has 1 fully saturated rings. The van der Waals surface area contributed by atoms with Crippen LogP contribution in [0.2, 0.25) is 0 Å². The predicted octanol–water partition coefficient (Wildman–Crippen LogP) is -5.76. The molecule has 1 saturated heterocycles. The number of ether oxygens (including phenoxy) is 2. The van der Waals surface area contributed by atoms with E-state index in [0.29, 0.717) is 0 Å². The Morgan fingerprint density at radius 3 is 1.91 bits per heavy atom. The van der Waals surface area contributed by atoms with Gasteiger partial charge in [-0.3, -0.25) is 0 Å². The van der Waals surface area contributed by atoms with Crippen LogP contribution in [0.15, 0.2) is 0 Å². The third kappa shape index (κ3) is 5.01. The van der Waals surface area contributed by atoms with Crippen molar-refractivity contribution >= 4 is 0 Å². The lowest BCUT2D eigenvalue weighted by Crippen LogP contribution is -2.59. The molecule has 0 radical (unpaired) electrons. The van der Waals surface area contributed by atoms with Crippen LogP contribution in [0, 0.1) is 0 Å². The van der Waals surface area contributed by atoms with E-state index in [4.69, 9.17) is 19.7 Å². The molecule has 0 aromatic heterocycles. The summed E-state index contributed by atoms with van der Waals surface area (Å²) in [6.07, 6.45) is -14.7. The van der Waals surface area contributed by atoms with E-state index in [0.717, 1.165) is 0 Å². The van der Waals surface area contributed by atoms with E-state index in [-0.39, 0.29) is 0 Å². The SMILES string of the molecule is OCC1OC(OC[C@@H](O)[C@@H](O)[C@H](O)[C@H](O)CO)C(O)C(O)C1O. The Bertz CT molecular complexity index is 341. The van der Waals surface area contributed by atoms with Crippen LogP contribution in [0.25, 0.3) is 0 Å². The summed E-state index contributed by atoms with van der Waals surface area (Å²) in [4.78, 5) is 0. The van der Waals surface area contributed by atoms with Gasteiger partial charge in [0.15, 0.2) is 6.29 Å². The van der Waals surface area contributed by atoms with Crippen molar-refractivity contribution in [2.45, 2.75) is 55.1 Å². The average Bonchev–Trinajstić information content (AvgIpc) is 2.56. The molecule has 1 rings (SSSR count). The normalized spacial score (nSPS) is 37.2. The van der Waals surface area contributed by atoms with E-state index in [9.17, 15) is 35.7 Å². The van der Waals surface area contributed by atoms with Gasteiger partial charge in [-0.05, 0) is 0 Å². The van der Waals surface area contributed by atoms with Gasteiger partial charge < -0.3 is 55.4 Å². The largest absolute Gasteiger partial charge is 0.394 e. The average molecular weight is 344 g/mol. The fourth-order valence-electron chi connectivity index (χ4n) is 2.06. The third-order valence-electron chi connectivity index (χ3n) is 3.61. The highest BCUT2D eigenvalue weighted by Gasteiger charge is 2.44. The van der Waals surface area contributed by atoms with Gasteiger partial charge in [-0.15, -0.1) is 0 Å². The van der Waals surface area contributed by atoms with Crippen molar-refractivity contribution in [2.24, 2.45) is 0 Å². The molecule has 0 aromatic carbocycles. The Hall–Kier alpha value is -0.440. The summed E-state index contributed by atoms with van der Waals surface area (Å²) < 4.78 is 9.99. The van der Waals surface area contributed by atoms with E-state index >= 15 is 0 Å². The maximum Gasteiger partial charge on any atom is 0.186 e. The highest BCUT2D eigenvalue weighted by molar-refractivity contribution is 4.89. The van der Waals surface area contributed by atoms with Crippen LogP contribution in [0.4, 0.5) is 0 Å². The summed E-state index contributed by atoms with van der Waals surface area (Å²) in [5.74, 6) is 0. The van der Waals surface area contributed by atoms with Crippen molar-refractivity contribution < 1.29 is 55.4 Å². The number of aliphatic hydroxyl groups excluding tert-OH is 9. The van der Waals surface area contributed by atoms with Gasteiger partial charge in [0.1, 0.15) is 48.8 Å². The Morgan fingerprint density at radius 2 is 1.39 bits per heavy atom. The molecule has 0 bridgehead atoms. The first-order valence-corrected chi connectivity index (χ1v) is 6.99. The Balaban J connectivity index is 2.55. The van der Waals surface area contributed by atoms with Crippen molar-refractivity contribution in [1.82, 2.24) is 0 Å². The molecule has 0 saturated carbocycles. The van der Waals surface area contributed by atoms with Crippen LogP contribution in [0.1, 0.15) is 0 Å². The highest BCUT2D eigenvalue weighted by atomic mass is 16.7. The zero-order chi connectivity index (χ0) is 17.7. The summed E-state index contributed by atoms with van der Waals surface area (Å²) in [6.45, 7) is -2.16. The minimum atomic E-state index is -1.86. The molecule has 0 spiro atoms. The summed E-state index contributed by atoms with van der Waals surface area (Å²) in [5.41, 5.74) is 0. The monoisotopic (exact) mass is 344 g/mol. The lowest BCUT2D eigenvalue weighted by molar-refractivity contribution is -0.306. The van der Waals surface area contributed by atoms with Gasteiger partial charge in [0.2, 0.25) is 0 Å². The molecule has 138 valence electrons. The molecule has 1 aliphatic rings. The molecule has 11 heteroatoms. The van der Waals surface area contributed by atoms with Gasteiger partial charge >= 0.3 is 0 Å². The van der Waals surface area contributed by atoms with Crippen molar-refractivity contribution in [2.75, 3.05) is 19.8 Å². The molecule has 1 aliphatic heterocycles. The second kappa shape index (κ2) is 9.15. The Kier molecular flexibility index (Phi) is 8.20. The van der Waals surface area contributed by atoms with Crippen LogP contribution in [-0.4, -0.2) is 121 Å². The van der Waals surface area contributed by atoms with Crippen LogP contribution in [0.3, 0.4) is 0 Å². The van der Waals surface area contributed by atoms with Crippen LogP contribution < -0.4 is 0 Å². The Labute approximate surface area is 131 Å². The molecule has 0 aliphatic carbocycles. The van der Waals surface area contributed by atoms with Gasteiger partial charge in [-0.2, -0.15) is 0 Å². The molecule has 0 aromatic rings. The second-order valence-corrected chi connectivity index (χ2v) is 5.33. The fourth-order valence-corrected chi connectivity index (χ4v) is 2.06. The summed E-state index contributed by atoms with van der Waals surface area (Å²) in [6, 6.07) is 0. The van der Waals surface area contributed by atoms with Gasteiger partial charge in [0.25, 0.3) is 0 Å². The molecule has 23 heavy (non-hydrogen) atoms. The number of aliphatic hydroxyl groups is 9. The van der Waals surface area contributed by atoms with Crippen LogP contribution in [-0.2, 0) is 9.47 Å². The van der Waals surface area contributed by atoms with E-state index in [1.165, 1.54) is 0 Å². The van der Waals surface area contributed by atoms with Gasteiger partial charge in [-0.25, -0.2) is 0 Å². The quantitative estimate of drug-likeness (QED) is 0.203. The van der Waals surface area contributed by atoms with Gasteiger partial charge in [0, 0.05) is 0 Å². The zero-order valence-electron chi connectivity index (χ0n) is 12.2. The second-order valence-electron chi connectivity index (χ2n) is 5.33. The minimum Gasteiger partial charge on any atom is -0.394 e. The van der Waals surface area contributed by atoms with E-state index < -0.39 is 74.9 Å². The molecule has 9 N–H and O–H groups in total. The molecule has 5 unspecified atom stereocenters. The Morgan fingerprint density at radius 1 is 0.826 bits per heavy atom. The molecular weight excluding hydrogens is 320 g/mol. The third-order valence-corrected chi connectivity index (χ3v) is 3.61. The summed E-state index contributed by atoms with van der Waals surface area (Å²) in [7, 11) is 0. The number of hydrogen-bond acceptors (Lipinski definition) is 11. The van der Waals surface area contributed by atoms with Crippen molar-refractivity contribution in [3.63, 3.8) is 0 Å². The fraction of sp³-hybridized carbons (Fsp3) is 1.00. The van der Waals surface area contributed by atoms with E-state index in [2.05, 4.69) is 0 Å². The first kappa shape index (κ1) is 20.6. The molecule has 11 nitrogen and oxygen atoms in total. The van der Waals surface area contributed by atoms with Crippen molar-refractivity contribution in [3.8, 4) is 0 Å². The predicted molar refractivity (Wildman–Crippen MR) is 70.8 cm³/mol. The van der Waals surface area contributed by atoms with Crippen molar-refractivity contribution in [3.05, 3.63) is 0 Å². The molecular formula is C12H24O11. The van der Waals surface area contributed by atoms with Crippen LogP contribution in [0.5, 0.6) is 0 Å².